The molecule has 0 fully saturated rings. The summed E-state index contributed by atoms with van der Waals surface area (Å²) in [6.45, 7) is 6.38. The number of unbranched alkanes of at least 4 members (excludes halogenated alkanes) is 3. The normalized spacial score (nSPS) is 10.4. The van der Waals surface area contributed by atoms with Gasteiger partial charge < -0.3 is 10.1 Å². The molecule has 100 valence electrons. The second-order valence-electron chi connectivity index (χ2n) is 4.48. The molecule has 0 saturated carbocycles. The Kier molecular flexibility index (Phi) is 9.49. The number of carbonyl (C=O) groups is 2. The van der Waals surface area contributed by atoms with Gasteiger partial charge in [0.15, 0.2) is 0 Å². The summed E-state index contributed by atoms with van der Waals surface area (Å²) in [6.07, 6.45) is 4.96. The average Bonchev–Trinajstić information content (AvgIpc) is 2.29. The van der Waals surface area contributed by atoms with E-state index in [4.69, 9.17) is 4.74 Å². The second kappa shape index (κ2) is 10.1. The number of esters is 1. The maximum absolute atomic E-state index is 11.3. The summed E-state index contributed by atoms with van der Waals surface area (Å²) in [4.78, 5) is 22.4. The number of amides is 1. The van der Waals surface area contributed by atoms with E-state index in [-0.39, 0.29) is 24.4 Å². The Morgan fingerprint density at radius 3 is 2.47 bits per heavy atom. The Bertz CT molecular complexity index is 227. The summed E-state index contributed by atoms with van der Waals surface area (Å²) in [5, 5.41) is 2.74. The smallest absolute Gasteiger partial charge is 0.308 e. The van der Waals surface area contributed by atoms with Crippen molar-refractivity contribution in [3.05, 3.63) is 0 Å². The van der Waals surface area contributed by atoms with Crippen LogP contribution in [-0.2, 0) is 14.3 Å². The van der Waals surface area contributed by atoms with Gasteiger partial charge in [-0.2, -0.15) is 0 Å². The summed E-state index contributed by atoms with van der Waals surface area (Å²) in [5.74, 6) is -0.288. The fourth-order valence-corrected chi connectivity index (χ4v) is 1.31. The molecule has 0 aliphatic carbocycles. The van der Waals surface area contributed by atoms with Crippen molar-refractivity contribution in [3.63, 3.8) is 0 Å². The zero-order valence-electron chi connectivity index (χ0n) is 11.3. The van der Waals surface area contributed by atoms with Gasteiger partial charge in [-0.3, -0.25) is 9.59 Å². The summed E-state index contributed by atoms with van der Waals surface area (Å²) < 4.78 is 4.94. The highest BCUT2D eigenvalue weighted by Gasteiger charge is 2.07. The first-order valence-electron chi connectivity index (χ1n) is 6.51. The summed E-state index contributed by atoms with van der Waals surface area (Å²) in [7, 11) is 0. The molecule has 0 aliphatic heterocycles. The van der Waals surface area contributed by atoms with Gasteiger partial charge in [-0.05, 0) is 6.42 Å². The first kappa shape index (κ1) is 15.9. The minimum absolute atomic E-state index is 0.0432. The van der Waals surface area contributed by atoms with Crippen molar-refractivity contribution < 1.29 is 14.3 Å². The lowest BCUT2D eigenvalue weighted by molar-refractivity contribution is -0.147. The molecular weight excluding hydrogens is 218 g/mol. The molecular formula is C13H25NO3. The van der Waals surface area contributed by atoms with E-state index in [1.807, 2.05) is 0 Å². The van der Waals surface area contributed by atoms with Gasteiger partial charge in [-0.15, -0.1) is 0 Å². The SMILES string of the molecule is CCCCCCC(=O)NCCOC(=O)C(C)C. The molecule has 0 spiro atoms. The van der Waals surface area contributed by atoms with Crippen LogP contribution in [0.1, 0.15) is 52.9 Å². The van der Waals surface area contributed by atoms with Crippen molar-refractivity contribution in [1.29, 1.82) is 0 Å². The van der Waals surface area contributed by atoms with E-state index in [2.05, 4.69) is 12.2 Å². The van der Waals surface area contributed by atoms with E-state index in [1.54, 1.807) is 13.8 Å². The number of hydrogen-bond acceptors (Lipinski definition) is 3. The predicted molar refractivity (Wildman–Crippen MR) is 67.6 cm³/mol. The van der Waals surface area contributed by atoms with Crippen molar-refractivity contribution in [3.8, 4) is 0 Å². The minimum Gasteiger partial charge on any atom is -0.464 e. The van der Waals surface area contributed by atoms with Crippen LogP contribution in [0.25, 0.3) is 0 Å². The highest BCUT2D eigenvalue weighted by molar-refractivity contribution is 5.75. The molecule has 0 saturated heterocycles. The van der Waals surface area contributed by atoms with Gasteiger partial charge >= 0.3 is 5.97 Å². The number of hydrogen-bond donors (Lipinski definition) is 1. The molecule has 0 heterocycles. The van der Waals surface area contributed by atoms with Crippen molar-refractivity contribution in [2.75, 3.05) is 13.2 Å². The topological polar surface area (TPSA) is 55.4 Å². The number of nitrogens with one attached hydrogen (secondary N) is 1. The molecule has 4 nitrogen and oxygen atoms in total. The van der Waals surface area contributed by atoms with Gasteiger partial charge in [0.05, 0.1) is 12.5 Å². The Morgan fingerprint density at radius 2 is 1.88 bits per heavy atom. The summed E-state index contributed by atoms with van der Waals surface area (Å²) in [5.41, 5.74) is 0. The standard InChI is InChI=1S/C13H25NO3/c1-4-5-6-7-8-12(15)14-9-10-17-13(16)11(2)3/h11H,4-10H2,1-3H3,(H,14,15). The van der Waals surface area contributed by atoms with Crippen LogP contribution in [0.5, 0.6) is 0 Å². The van der Waals surface area contributed by atoms with Crippen LogP contribution in [0.3, 0.4) is 0 Å². The molecule has 0 unspecified atom stereocenters. The van der Waals surface area contributed by atoms with E-state index in [0.717, 1.165) is 12.8 Å². The number of ether oxygens (including phenoxy) is 1. The zero-order chi connectivity index (χ0) is 13.1. The molecule has 17 heavy (non-hydrogen) atoms. The van der Waals surface area contributed by atoms with Crippen molar-refractivity contribution in [1.82, 2.24) is 5.32 Å². The molecule has 0 aromatic carbocycles. The van der Waals surface area contributed by atoms with Gasteiger partial charge in [0.2, 0.25) is 5.91 Å². The van der Waals surface area contributed by atoms with Gasteiger partial charge in [0.25, 0.3) is 0 Å². The third-order valence-electron chi connectivity index (χ3n) is 2.40. The molecule has 0 aliphatic rings. The highest BCUT2D eigenvalue weighted by atomic mass is 16.5. The lowest BCUT2D eigenvalue weighted by atomic mass is 10.1. The fourth-order valence-electron chi connectivity index (χ4n) is 1.31. The molecule has 0 aromatic heterocycles. The Balaban J connectivity index is 3.36. The Hall–Kier alpha value is -1.06. The number of carbonyl (C=O) groups excluding carboxylic acids is 2. The van der Waals surface area contributed by atoms with Crippen molar-refractivity contribution in [2.45, 2.75) is 52.9 Å². The zero-order valence-corrected chi connectivity index (χ0v) is 11.3. The summed E-state index contributed by atoms with van der Waals surface area (Å²) in [6, 6.07) is 0. The van der Waals surface area contributed by atoms with Crippen LogP contribution in [-0.4, -0.2) is 25.0 Å². The maximum Gasteiger partial charge on any atom is 0.308 e. The quantitative estimate of drug-likeness (QED) is 0.499. The monoisotopic (exact) mass is 243 g/mol. The third-order valence-corrected chi connectivity index (χ3v) is 2.40. The molecule has 0 atom stereocenters. The lowest BCUT2D eigenvalue weighted by Crippen LogP contribution is -2.28. The largest absolute Gasteiger partial charge is 0.464 e. The van der Waals surface area contributed by atoms with Gasteiger partial charge in [0.1, 0.15) is 6.61 Å². The Labute approximate surface area is 104 Å². The highest BCUT2D eigenvalue weighted by Crippen LogP contribution is 2.01. The minimum atomic E-state index is -0.220. The molecule has 1 N–H and O–H groups in total. The predicted octanol–water partition coefficient (Wildman–Crippen LogP) is 2.27. The molecule has 0 radical (unpaired) electrons. The lowest BCUT2D eigenvalue weighted by Gasteiger charge is -2.08. The van der Waals surface area contributed by atoms with E-state index in [9.17, 15) is 9.59 Å². The van der Waals surface area contributed by atoms with Crippen LogP contribution >= 0.6 is 0 Å². The van der Waals surface area contributed by atoms with Crippen LogP contribution in [0.2, 0.25) is 0 Å². The van der Waals surface area contributed by atoms with Crippen LogP contribution < -0.4 is 5.32 Å². The van der Waals surface area contributed by atoms with Crippen LogP contribution in [0, 0.1) is 5.92 Å². The van der Waals surface area contributed by atoms with Crippen molar-refractivity contribution >= 4 is 11.9 Å². The van der Waals surface area contributed by atoms with Gasteiger partial charge in [0, 0.05) is 6.42 Å². The maximum atomic E-state index is 11.3. The van der Waals surface area contributed by atoms with Gasteiger partial charge in [-0.25, -0.2) is 0 Å². The molecule has 0 aromatic rings. The summed E-state index contributed by atoms with van der Waals surface area (Å²) >= 11 is 0. The Morgan fingerprint density at radius 1 is 1.18 bits per heavy atom. The molecule has 1 amide bonds. The third kappa shape index (κ3) is 9.85. The van der Waals surface area contributed by atoms with Crippen LogP contribution in [0.4, 0.5) is 0 Å². The van der Waals surface area contributed by atoms with E-state index in [0.29, 0.717) is 13.0 Å². The number of rotatable bonds is 9. The second-order valence-corrected chi connectivity index (χ2v) is 4.48. The van der Waals surface area contributed by atoms with Gasteiger partial charge in [-0.1, -0.05) is 40.0 Å². The average molecular weight is 243 g/mol. The molecule has 0 bridgehead atoms. The van der Waals surface area contributed by atoms with E-state index < -0.39 is 0 Å². The fraction of sp³-hybridized carbons (Fsp3) is 0.846. The van der Waals surface area contributed by atoms with Crippen LogP contribution in [0.15, 0.2) is 0 Å². The first-order valence-corrected chi connectivity index (χ1v) is 6.51. The van der Waals surface area contributed by atoms with Crippen molar-refractivity contribution in [2.24, 2.45) is 5.92 Å². The first-order chi connectivity index (χ1) is 8.07. The van der Waals surface area contributed by atoms with E-state index >= 15 is 0 Å². The molecule has 0 rings (SSSR count). The van der Waals surface area contributed by atoms with E-state index in [1.165, 1.54) is 12.8 Å². The molecule has 4 heteroatoms.